The zero-order chi connectivity index (χ0) is 19.6. The Kier molecular flexibility index (Phi) is 5.65. The molecule has 8 nitrogen and oxygen atoms in total. The van der Waals surface area contributed by atoms with Crippen LogP contribution in [0.1, 0.15) is 19.3 Å². The normalized spacial score (nSPS) is 21.7. The second-order valence-corrected chi connectivity index (χ2v) is 6.93. The molecule has 1 heterocycles. The van der Waals surface area contributed by atoms with Gasteiger partial charge in [0.25, 0.3) is 0 Å². The quantitative estimate of drug-likeness (QED) is 0.690. The monoisotopic (exact) mass is 375 g/mol. The second-order valence-electron chi connectivity index (χ2n) is 6.93. The Bertz CT molecular complexity index is 737. The molecule has 0 spiro atoms. The fourth-order valence-corrected chi connectivity index (χ4v) is 3.81. The first-order valence-corrected chi connectivity index (χ1v) is 9.05. The molecule has 0 amide bonds. The largest absolute Gasteiger partial charge is 0.493 e. The van der Waals surface area contributed by atoms with Gasteiger partial charge in [0.05, 0.1) is 21.3 Å². The van der Waals surface area contributed by atoms with Gasteiger partial charge in [-0.2, -0.15) is 0 Å². The Morgan fingerprint density at radius 3 is 2.44 bits per heavy atom. The third-order valence-electron chi connectivity index (χ3n) is 5.19. The summed E-state index contributed by atoms with van der Waals surface area (Å²) in [5, 5.41) is 3.23. The van der Waals surface area contributed by atoms with Crippen molar-refractivity contribution in [2.45, 2.75) is 25.6 Å². The molecule has 1 aromatic carbocycles. The zero-order valence-electron chi connectivity index (χ0n) is 16.4. The summed E-state index contributed by atoms with van der Waals surface area (Å²) in [7, 11) is 6.92. The van der Waals surface area contributed by atoms with Gasteiger partial charge >= 0.3 is 0 Å². The van der Waals surface area contributed by atoms with E-state index in [0.717, 1.165) is 42.8 Å². The summed E-state index contributed by atoms with van der Waals surface area (Å²) < 4.78 is 16.3. The lowest BCUT2D eigenvalue weighted by Crippen LogP contribution is -2.44. The first-order chi connectivity index (χ1) is 13.0. The molecule has 0 bridgehead atoms. The van der Waals surface area contributed by atoms with Crippen LogP contribution in [0.2, 0.25) is 0 Å². The molecular weight excluding hydrogens is 346 g/mol. The number of benzene rings is 1. The van der Waals surface area contributed by atoms with Crippen molar-refractivity contribution in [1.82, 2.24) is 5.32 Å². The summed E-state index contributed by atoms with van der Waals surface area (Å²) in [5.74, 6) is 2.93. The standard InChI is InChI=1S/C19H29N5O3/c1-24(12-8-15(25-2)17(27-4)16(9-12)26-3)10-11-5-6-14-13(7-11)18(20)23-19(21)22-14/h8-9,11,19,22H,5-7,10,21H2,1-4H3,(H2,20,23). The van der Waals surface area contributed by atoms with Gasteiger partial charge in [0.2, 0.25) is 5.75 Å². The predicted molar refractivity (Wildman–Crippen MR) is 106 cm³/mol. The number of rotatable bonds is 6. The summed E-state index contributed by atoms with van der Waals surface area (Å²) in [4.78, 5) is 6.45. The van der Waals surface area contributed by atoms with Crippen molar-refractivity contribution in [3.63, 3.8) is 0 Å². The molecule has 1 aromatic rings. The molecule has 0 aromatic heterocycles. The van der Waals surface area contributed by atoms with E-state index in [1.54, 1.807) is 21.3 Å². The van der Waals surface area contributed by atoms with Crippen LogP contribution in [-0.2, 0) is 0 Å². The van der Waals surface area contributed by atoms with Gasteiger partial charge in [-0.25, -0.2) is 4.99 Å². The SMILES string of the molecule is COc1cc(N(C)CC2CCC3=C(C2)C(N)=NC(N)N3)cc(OC)c1OC. The fraction of sp³-hybridized carbons (Fsp3) is 0.526. The van der Waals surface area contributed by atoms with Crippen molar-refractivity contribution in [3.05, 3.63) is 23.4 Å². The Hall–Kier alpha value is -2.61. The van der Waals surface area contributed by atoms with Crippen molar-refractivity contribution in [2.75, 3.05) is 39.8 Å². The van der Waals surface area contributed by atoms with E-state index in [-0.39, 0.29) is 0 Å². The molecule has 2 aliphatic rings. The molecular formula is C19H29N5O3. The maximum atomic E-state index is 6.10. The maximum absolute atomic E-state index is 6.10. The number of nitrogens with zero attached hydrogens (tertiary/aromatic N) is 2. The minimum absolute atomic E-state index is 0.429. The number of allylic oxidation sites excluding steroid dienone is 1. The third-order valence-corrected chi connectivity index (χ3v) is 5.19. The molecule has 2 unspecified atom stereocenters. The average Bonchev–Trinajstić information content (AvgIpc) is 2.67. The number of nitrogens with two attached hydrogens (primary N) is 2. The van der Waals surface area contributed by atoms with E-state index < -0.39 is 6.29 Å². The zero-order valence-corrected chi connectivity index (χ0v) is 16.4. The van der Waals surface area contributed by atoms with Gasteiger partial charge in [-0.1, -0.05) is 0 Å². The molecule has 0 fully saturated rings. The van der Waals surface area contributed by atoms with Crippen molar-refractivity contribution in [3.8, 4) is 17.2 Å². The second kappa shape index (κ2) is 7.96. The molecule has 1 aliphatic heterocycles. The van der Waals surface area contributed by atoms with Crippen molar-refractivity contribution >= 4 is 11.5 Å². The van der Waals surface area contributed by atoms with Gasteiger partial charge in [-0.15, -0.1) is 0 Å². The smallest absolute Gasteiger partial charge is 0.203 e. The van der Waals surface area contributed by atoms with Gasteiger partial charge in [0, 0.05) is 42.7 Å². The van der Waals surface area contributed by atoms with E-state index in [9.17, 15) is 0 Å². The van der Waals surface area contributed by atoms with Crippen LogP contribution in [0.4, 0.5) is 5.69 Å². The average molecular weight is 375 g/mol. The summed E-state index contributed by atoms with van der Waals surface area (Å²) in [5.41, 5.74) is 15.2. The van der Waals surface area contributed by atoms with Gasteiger partial charge in [0.1, 0.15) is 5.84 Å². The first-order valence-electron chi connectivity index (χ1n) is 9.05. The molecule has 3 rings (SSSR count). The lowest BCUT2D eigenvalue weighted by molar-refractivity contribution is 0.324. The summed E-state index contributed by atoms with van der Waals surface area (Å²) in [6, 6.07) is 3.93. The Morgan fingerprint density at radius 1 is 1.19 bits per heavy atom. The number of methoxy groups -OCH3 is 3. The minimum Gasteiger partial charge on any atom is -0.493 e. The number of hydrogen-bond acceptors (Lipinski definition) is 8. The third kappa shape index (κ3) is 3.90. The van der Waals surface area contributed by atoms with Crippen LogP contribution in [-0.4, -0.2) is 47.0 Å². The van der Waals surface area contributed by atoms with Crippen LogP contribution in [0.3, 0.4) is 0 Å². The number of anilines is 1. The molecule has 0 saturated heterocycles. The Labute approximate surface area is 160 Å². The molecule has 2 atom stereocenters. The van der Waals surface area contributed by atoms with Crippen molar-refractivity contribution < 1.29 is 14.2 Å². The highest BCUT2D eigenvalue weighted by atomic mass is 16.5. The number of nitrogens with one attached hydrogen (secondary N) is 1. The molecule has 8 heteroatoms. The van der Waals surface area contributed by atoms with Gasteiger partial charge < -0.3 is 30.2 Å². The van der Waals surface area contributed by atoms with E-state index in [1.807, 2.05) is 12.1 Å². The molecule has 0 radical (unpaired) electrons. The highest BCUT2D eigenvalue weighted by Crippen LogP contribution is 2.41. The van der Waals surface area contributed by atoms with E-state index in [1.165, 1.54) is 0 Å². The van der Waals surface area contributed by atoms with Crippen LogP contribution < -0.4 is 35.9 Å². The summed E-state index contributed by atoms with van der Waals surface area (Å²) in [6.45, 7) is 0.884. The van der Waals surface area contributed by atoms with Crippen LogP contribution in [0, 0.1) is 5.92 Å². The van der Waals surface area contributed by atoms with E-state index in [4.69, 9.17) is 25.7 Å². The first kappa shape index (κ1) is 19.2. The van der Waals surface area contributed by atoms with Gasteiger partial charge in [-0.3, -0.25) is 5.73 Å². The maximum Gasteiger partial charge on any atom is 0.203 e. The summed E-state index contributed by atoms with van der Waals surface area (Å²) in [6.07, 6.45) is 2.47. The molecule has 148 valence electrons. The van der Waals surface area contributed by atoms with Crippen molar-refractivity contribution in [2.24, 2.45) is 22.4 Å². The molecule has 0 saturated carbocycles. The molecule has 1 aliphatic carbocycles. The van der Waals surface area contributed by atoms with Gasteiger partial charge in [-0.05, 0) is 25.2 Å². The number of hydrogen-bond donors (Lipinski definition) is 3. The molecule has 27 heavy (non-hydrogen) atoms. The van der Waals surface area contributed by atoms with Gasteiger partial charge in [0.15, 0.2) is 17.8 Å². The Morgan fingerprint density at radius 2 is 1.85 bits per heavy atom. The number of ether oxygens (including phenoxy) is 3. The fourth-order valence-electron chi connectivity index (χ4n) is 3.81. The lowest BCUT2D eigenvalue weighted by Gasteiger charge is -2.34. The number of amidine groups is 1. The predicted octanol–water partition coefficient (Wildman–Crippen LogP) is 1.41. The Balaban J connectivity index is 1.75. The topological polar surface area (TPSA) is 107 Å². The van der Waals surface area contributed by atoms with E-state index in [0.29, 0.717) is 29.0 Å². The van der Waals surface area contributed by atoms with Crippen LogP contribution in [0.5, 0.6) is 17.2 Å². The highest BCUT2D eigenvalue weighted by molar-refractivity contribution is 5.98. The van der Waals surface area contributed by atoms with Crippen LogP contribution >= 0.6 is 0 Å². The molecule has 5 N–H and O–H groups in total. The van der Waals surface area contributed by atoms with E-state index in [2.05, 4.69) is 22.3 Å². The minimum atomic E-state index is -0.429. The lowest BCUT2D eigenvalue weighted by atomic mass is 9.85. The summed E-state index contributed by atoms with van der Waals surface area (Å²) >= 11 is 0. The van der Waals surface area contributed by atoms with Crippen LogP contribution in [0.15, 0.2) is 28.4 Å². The highest BCUT2D eigenvalue weighted by Gasteiger charge is 2.28. The van der Waals surface area contributed by atoms with Crippen LogP contribution in [0.25, 0.3) is 0 Å². The van der Waals surface area contributed by atoms with Crippen molar-refractivity contribution in [1.29, 1.82) is 0 Å². The number of aliphatic imine (C=N–C) groups is 1. The van der Waals surface area contributed by atoms with E-state index >= 15 is 0 Å².